The van der Waals surface area contributed by atoms with Gasteiger partial charge < -0.3 is 4.52 Å². The highest BCUT2D eigenvalue weighted by molar-refractivity contribution is 6.05. The molecule has 1 aromatic heterocycles. The van der Waals surface area contributed by atoms with E-state index >= 15 is 0 Å². The van der Waals surface area contributed by atoms with E-state index in [9.17, 15) is 9.59 Å². The van der Waals surface area contributed by atoms with E-state index in [2.05, 4.69) is 10.5 Å². The van der Waals surface area contributed by atoms with E-state index in [1.165, 1.54) is 11.3 Å². The highest BCUT2D eigenvalue weighted by Gasteiger charge is 2.42. The van der Waals surface area contributed by atoms with Gasteiger partial charge in [0.15, 0.2) is 5.76 Å². The van der Waals surface area contributed by atoms with Gasteiger partial charge in [-0.1, -0.05) is 24.4 Å². The van der Waals surface area contributed by atoms with Crippen LogP contribution in [0.2, 0.25) is 0 Å². The first-order valence-corrected chi connectivity index (χ1v) is 7.66. The van der Waals surface area contributed by atoms with Gasteiger partial charge in [-0.25, -0.2) is 0 Å². The Morgan fingerprint density at radius 1 is 1.33 bits per heavy atom. The summed E-state index contributed by atoms with van der Waals surface area (Å²) < 4.78 is 5.11. The van der Waals surface area contributed by atoms with Crippen molar-refractivity contribution in [1.29, 1.82) is 0 Å². The largest absolute Gasteiger partial charge is 0.360 e. The van der Waals surface area contributed by atoms with Gasteiger partial charge in [-0.3, -0.25) is 19.8 Å². The van der Waals surface area contributed by atoms with E-state index in [1.54, 1.807) is 0 Å². The predicted octanol–water partition coefficient (Wildman–Crippen LogP) is 1.53. The van der Waals surface area contributed by atoms with Crippen molar-refractivity contribution in [2.24, 2.45) is 0 Å². The molecule has 0 bridgehead atoms. The fourth-order valence-electron chi connectivity index (χ4n) is 3.26. The minimum Gasteiger partial charge on any atom is -0.360 e. The molecule has 1 aliphatic carbocycles. The number of imide groups is 1. The molecule has 2 heterocycles. The second kappa shape index (κ2) is 5.97. The number of rotatable bonds is 4. The van der Waals surface area contributed by atoms with E-state index < -0.39 is 6.04 Å². The molecule has 1 atom stereocenters. The summed E-state index contributed by atoms with van der Waals surface area (Å²) in [7, 11) is 0. The number of hydrogen-bond donors (Lipinski definition) is 1. The summed E-state index contributed by atoms with van der Waals surface area (Å²) in [6.07, 6.45) is 5.58. The minimum atomic E-state index is -0.426. The zero-order valence-corrected chi connectivity index (χ0v) is 12.3. The maximum absolute atomic E-state index is 12.4. The molecule has 0 radical (unpaired) electrons. The zero-order valence-electron chi connectivity index (χ0n) is 12.3. The van der Waals surface area contributed by atoms with Gasteiger partial charge in [-0.2, -0.15) is 0 Å². The Balaban J connectivity index is 1.60. The number of nitrogens with zero attached hydrogens (tertiary/aromatic N) is 2. The highest BCUT2D eigenvalue weighted by atomic mass is 16.5. The normalized spacial score (nSPS) is 24.0. The summed E-state index contributed by atoms with van der Waals surface area (Å²) in [4.78, 5) is 26.1. The SMILES string of the molecule is Cc1cc(CNC2CC(=O)N(C3CCCCC3)C2=O)on1. The van der Waals surface area contributed by atoms with Crippen LogP contribution in [0.4, 0.5) is 0 Å². The first-order chi connectivity index (χ1) is 10.1. The molecule has 1 aromatic rings. The molecule has 3 rings (SSSR count). The van der Waals surface area contributed by atoms with Gasteiger partial charge in [0.25, 0.3) is 0 Å². The van der Waals surface area contributed by atoms with Crippen molar-refractivity contribution in [3.63, 3.8) is 0 Å². The van der Waals surface area contributed by atoms with Crippen molar-refractivity contribution in [3.05, 3.63) is 17.5 Å². The Bertz CT molecular complexity index is 534. The molecule has 1 saturated heterocycles. The molecule has 2 amide bonds. The minimum absolute atomic E-state index is 0.0434. The first kappa shape index (κ1) is 14.3. The van der Waals surface area contributed by atoms with Crippen LogP contribution in [0.15, 0.2) is 10.6 Å². The average molecular weight is 291 g/mol. The molecule has 1 N–H and O–H groups in total. The molecular weight excluding hydrogens is 270 g/mol. The van der Waals surface area contributed by atoms with E-state index in [1.807, 2.05) is 13.0 Å². The number of aryl methyl sites for hydroxylation is 1. The standard InChI is InChI=1S/C15H21N3O3/c1-10-7-12(21-17-10)9-16-13-8-14(19)18(15(13)20)11-5-3-2-4-6-11/h7,11,13,16H,2-6,8-9H2,1H3. The molecule has 0 aromatic carbocycles. The van der Waals surface area contributed by atoms with Crippen molar-refractivity contribution in [2.45, 2.75) is 64.1 Å². The molecule has 1 saturated carbocycles. The number of carbonyl (C=O) groups excluding carboxylic acids is 2. The van der Waals surface area contributed by atoms with Crippen molar-refractivity contribution in [3.8, 4) is 0 Å². The molecular formula is C15H21N3O3. The number of likely N-dealkylation sites (tertiary alicyclic amines) is 1. The smallest absolute Gasteiger partial charge is 0.247 e. The van der Waals surface area contributed by atoms with Gasteiger partial charge in [0.05, 0.1) is 24.7 Å². The van der Waals surface area contributed by atoms with Gasteiger partial charge in [-0.15, -0.1) is 0 Å². The number of hydrogen-bond acceptors (Lipinski definition) is 5. The van der Waals surface area contributed by atoms with Crippen LogP contribution in [-0.4, -0.2) is 34.0 Å². The Kier molecular flexibility index (Phi) is 4.05. The van der Waals surface area contributed by atoms with Crippen molar-refractivity contribution in [1.82, 2.24) is 15.4 Å². The summed E-state index contributed by atoms with van der Waals surface area (Å²) in [5, 5.41) is 6.92. The fraction of sp³-hybridized carbons (Fsp3) is 0.667. The summed E-state index contributed by atoms with van der Waals surface area (Å²) in [5.74, 6) is 0.560. The third-order valence-electron chi connectivity index (χ3n) is 4.32. The Hall–Kier alpha value is -1.69. The molecule has 6 nitrogen and oxygen atoms in total. The van der Waals surface area contributed by atoms with Crippen LogP contribution in [0.3, 0.4) is 0 Å². The van der Waals surface area contributed by atoms with Crippen LogP contribution in [0.1, 0.15) is 50.0 Å². The maximum atomic E-state index is 12.4. The monoisotopic (exact) mass is 291 g/mol. The van der Waals surface area contributed by atoms with Gasteiger partial charge in [-0.05, 0) is 19.8 Å². The number of nitrogens with one attached hydrogen (secondary N) is 1. The number of carbonyl (C=O) groups is 2. The van der Waals surface area contributed by atoms with Crippen molar-refractivity contribution < 1.29 is 14.1 Å². The maximum Gasteiger partial charge on any atom is 0.247 e. The van der Waals surface area contributed by atoms with E-state index in [0.29, 0.717) is 12.3 Å². The van der Waals surface area contributed by atoms with Crippen LogP contribution in [0, 0.1) is 6.92 Å². The fourth-order valence-corrected chi connectivity index (χ4v) is 3.26. The van der Waals surface area contributed by atoms with Gasteiger partial charge in [0, 0.05) is 12.1 Å². The molecule has 1 unspecified atom stereocenters. The lowest BCUT2D eigenvalue weighted by atomic mass is 9.94. The van der Waals surface area contributed by atoms with Crippen LogP contribution in [-0.2, 0) is 16.1 Å². The zero-order chi connectivity index (χ0) is 14.8. The van der Waals surface area contributed by atoms with Crippen LogP contribution in [0.25, 0.3) is 0 Å². The van der Waals surface area contributed by atoms with Crippen molar-refractivity contribution >= 4 is 11.8 Å². The Morgan fingerprint density at radius 3 is 2.76 bits per heavy atom. The Morgan fingerprint density at radius 2 is 2.10 bits per heavy atom. The van der Waals surface area contributed by atoms with Gasteiger partial charge in [0.1, 0.15) is 0 Å². The molecule has 0 spiro atoms. The summed E-state index contributed by atoms with van der Waals surface area (Å²) in [6, 6.07) is 1.51. The lowest BCUT2D eigenvalue weighted by molar-refractivity contribution is -0.142. The molecule has 114 valence electrons. The van der Waals surface area contributed by atoms with Gasteiger partial charge >= 0.3 is 0 Å². The molecule has 2 fully saturated rings. The van der Waals surface area contributed by atoms with Crippen molar-refractivity contribution in [2.75, 3.05) is 0 Å². The van der Waals surface area contributed by atoms with Crippen LogP contribution < -0.4 is 5.32 Å². The van der Waals surface area contributed by atoms with E-state index in [4.69, 9.17) is 4.52 Å². The summed E-state index contributed by atoms with van der Waals surface area (Å²) in [6.45, 7) is 2.27. The number of amides is 2. The van der Waals surface area contributed by atoms with E-state index in [0.717, 1.165) is 31.4 Å². The second-order valence-corrected chi connectivity index (χ2v) is 5.97. The summed E-state index contributed by atoms with van der Waals surface area (Å²) >= 11 is 0. The van der Waals surface area contributed by atoms with Crippen LogP contribution >= 0.6 is 0 Å². The first-order valence-electron chi connectivity index (χ1n) is 7.66. The van der Waals surface area contributed by atoms with Crippen LogP contribution in [0.5, 0.6) is 0 Å². The average Bonchev–Trinajstić information content (AvgIpc) is 3.01. The predicted molar refractivity (Wildman–Crippen MR) is 75.2 cm³/mol. The highest BCUT2D eigenvalue weighted by Crippen LogP contribution is 2.27. The Labute approximate surface area is 123 Å². The molecule has 2 aliphatic rings. The summed E-state index contributed by atoms with van der Waals surface area (Å²) in [5.41, 5.74) is 0.810. The molecule has 6 heteroatoms. The lowest BCUT2D eigenvalue weighted by Crippen LogP contribution is -2.44. The third kappa shape index (κ3) is 3.00. The number of aromatic nitrogens is 1. The quantitative estimate of drug-likeness (QED) is 0.852. The second-order valence-electron chi connectivity index (χ2n) is 5.97. The third-order valence-corrected chi connectivity index (χ3v) is 4.32. The van der Waals surface area contributed by atoms with E-state index in [-0.39, 0.29) is 24.3 Å². The topological polar surface area (TPSA) is 75.4 Å². The van der Waals surface area contributed by atoms with Gasteiger partial charge in [0.2, 0.25) is 11.8 Å². The molecule has 1 aliphatic heterocycles. The lowest BCUT2D eigenvalue weighted by Gasteiger charge is -2.29. The molecule has 21 heavy (non-hydrogen) atoms.